The lowest BCUT2D eigenvalue weighted by atomic mass is 10.1. The predicted octanol–water partition coefficient (Wildman–Crippen LogP) is 2.80. The third-order valence-corrected chi connectivity index (χ3v) is 3.96. The van der Waals surface area contributed by atoms with E-state index in [-0.39, 0.29) is 12.3 Å². The normalized spacial score (nSPS) is 10.9. The molecule has 0 radical (unpaired) electrons. The molecular formula is C20H24N2O5. The van der Waals surface area contributed by atoms with Crippen LogP contribution in [0.4, 0.5) is 0 Å². The minimum Gasteiger partial charge on any atom is -0.497 e. The first-order valence-corrected chi connectivity index (χ1v) is 8.28. The van der Waals surface area contributed by atoms with E-state index in [0.717, 1.165) is 11.1 Å². The Balaban J connectivity index is 2.08. The molecule has 0 aliphatic carbocycles. The summed E-state index contributed by atoms with van der Waals surface area (Å²) in [5, 5.41) is 4.17. The van der Waals surface area contributed by atoms with Gasteiger partial charge in [-0.15, -0.1) is 0 Å². The van der Waals surface area contributed by atoms with Crippen molar-refractivity contribution < 1.29 is 23.7 Å². The molecule has 0 fully saturated rings. The van der Waals surface area contributed by atoms with Gasteiger partial charge >= 0.3 is 0 Å². The topological polar surface area (TPSA) is 78.4 Å². The van der Waals surface area contributed by atoms with Gasteiger partial charge in [-0.2, -0.15) is 5.10 Å². The first-order chi connectivity index (χ1) is 13.0. The molecule has 0 saturated heterocycles. The summed E-state index contributed by atoms with van der Waals surface area (Å²) in [4.78, 5) is 12.2. The predicted molar refractivity (Wildman–Crippen MR) is 103 cm³/mol. The number of benzene rings is 2. The van der Waals surface area contributed by atoms with Crippen molar-refractivity contribution in [3.63, 3.8) is 0 Å². The van der Waals surface area contributed by atoms with E-state index in [0.29, 0.717) is 28.7 Å². The molecule has 2 aromatic rings. The molecule has 0 atom stereocenters. The zero-order valence-corrected chi connectivity index (χ0v) is 16.2. The molecule has 0 aliphatic heterocycles. The van der Waals surface area contributed by atoms with E-state index in [2.05, 4.69) is 10.5 Å². The number of carbonyl (C=O) groups is 1. The van der Waals surface area contributed by atoms with Gasteiger partial charge in [-0.25, -0.2) is 5.43 Å². The van der Waals surface area contributed by atoms with Gasteiger partial charge in [-0.1, -0.05) is 6.07 Å². The number of amides is 1. The van der Waals surface area contributed by atoms with Crippen molar-refractivity contribution >= 4 is 11.6 Å². The van der Waals surface area contributed by atoms with Gasteiger partial charge in [0.05, 0.1) is 40.6 Å². The Labute approximate surface area is 158 Å². The van der Waals surface area contributed by atoms with E-state index in [1.165, 1.54) is 0 Å². The molecule has 2 aromatic carbocycles. The average Bonchev–Trinajstić information content (AvgIpc) is 2.71. The first kappa shape index (κ1) is 20.1. The van der Waals surface area contributed by atoms with Gasteiger partial charge in [-0.3, -0.25) is 4.79 Å². The Morgan fingerprint density at radius 2 is 1.59 bits per heavy atom. The summed E-state index contributed by atoms with van der Waals surface area (Å²) in [6.45, 7) is 1.79. The van der Waals surface area contributed by atoms with Gasteiger partial charge in [0.15, 0.2) is 11.5 Å². The number of hydrogen-bond donors (Lipinski definition) is 1. The van der Waals surface area contributed by atoms with Crippen molar-refractivity contribution in [1.29, 1.82) is 0 Å². The van der Waals surface area contributed by atoms with Crippen molar-refractivity contribution in [3.05, 3.63) is 47.5 Å². The third-order valence-electron chi connectivity index (χ3n) is 3.96. The number of methoxy groups -OCH3 is 4. The average molecular weight is 372 g/mol. The van der Waals surface area contributed by atoms with Crippen LogP contribution in [0.5, 0.6) is 23.0 Å². The molecule has 0 aromatic heterocycles. The van der Waals surface area contributed by atoms with Crippen LogP contribution in [0.2, 0.25) is 0 Å². The second-order valence-corrected chi connectivity index (χ2v) is 5.66. The number of nitrogens with zero attached hydrogens (tertiary/aromatic N) is 1. The molecule has 144 valence electrons. The lowest BCUT2D eigenvalue weighted by molar-refractivity contribution is -0.120. The lowest BCUT2D eigenvalue weighted by Gasteiger charge is -2.11. The van der Waals surface area contributed by atoms with Crippen LogP contribution < -0.4 is 24.4 Å². The Morgan fingerprint density at radius 1 is 0.889 bits per heavy atom. The van der Waals surface area contributed by atoms with Crippen molar-refractivity contribution in [3.8, 4) is 23.0 Å². The summed E-state index contributed by atoms with van der Waals surface area (Å²) in [6, 6.07) is 10.7. The van der Waals surface area contributed by atoms with Gasteiger partial charge in [0.2, 0.25) is 5.91 Å². The highest BCUT2D eigenvalue weighted by Gasteiger charge is 2.10. The van der Waals surface area contributed by atoms with E-state index in [1.807, 2.05) is 18.2 Å². The maximum atomic E-state index is 12.2. The summed E-state index contributed by atoms with van der Waals surface area (Å²) in [6.07, 6.45) is 0.164. The maximum absolute atomic E-state index is 12.2. The summed E-state index contributed by atoms with van der Waals surface area (Å²) in [5.74, 6) is 2.24. The fraction of sp³-hybridized carbons (Fsp3) is 0.300. The Bertz CT molecular complexity index is 833. The van der Waals surface area contributed by atoms with E-state index >= 15 is 0 Å². The Hall–Kier alpha value is -3.22. The van der Waals surface area contributed by atoms with Crippen LogP contribution in [0.15, 0.2) is 41.5 Å². The molecule has 0 unspecified atom stereocenters. The van der Waals surface area contributed by atoms with Gasteiger partial charge in [0, 0.05) is 11.6 Å². The van der Waals surface area contributed by atoms with Crippen LogP contribution in [0, 0.1) is 0 Å². The van der Waals surface area contributed by atoms with Gasteiger partial charge in [-0.05, 0) is 36.8 Å². The molecule has 7 nitrogen and oxygen atoms in total. The van der Waals surface area contributed by atoms with Crippen LogP contribution in [0.3, 0.4) is 0 Å². The molecule has 1 N–H and O–H groups in total. The Morgan fingerprint density at radius 3 is 2.22 bits per heavy atom. The minimum absolute atomic E-state index is 0.164. The summed E-state index contributed by atoms with van der Waals surface area (Å²) < 4.78 is 21.0. The molecule has 0 saturated carbocycles. The standard InChI is InChI=1S/C20H24N2O5/c1-13(16-8-7-15(24-2)12-18(16)26-4)21-22-20(23)11-14-6-9-17(25-3)19(10-14)27-5/h6-10,12H,11H2,1-5H3,(H,22,23)/b21-13-. The number of hydrogen-bond acceptors (Lipinski definition) is 6. The van der Waals surface area contributed by atoms with E-state index in [1.54, 1.807) is 53.6 Å². The van der Waals surface area contributed by atoms with Crippen molar-refractivity contribution in [2.45, 2.75) is 13.3 Å². The van der Waals surface area contributed by atoms with Crippen molar-refractivity contribution in [2.24, 2.45) is 5.10 Å². The Kier molecular flexibility index (Phi) is 7.05. The molecule has 1 amide bonds. The number of hydrazone groups is 1. The SMILES string of the molecule is COc1ccc(/C(C)=N\NC(=O)Cc2ccc(OC)c(OC)c2)c(OC)c1. The fourth-order valence-electron chi connectivity index (χ4n) is 2.52. The van der Waals surface area contributed by atoms with Gasteiger partial charge in [0.1, 0.15) is 11.5 Å². The summed E-state index contributed by atoms with van der Waals surface area (Å²) in [5.41, 5.74) is 4.75. The molecule has 0 aliphatic rings. The highest BCUT2D eigenvalue weighted by atomic mass is 16.5. The van der Waals surface area contributed by atoms with Crippen molar-refractivity contribution in [1.82, 2.24) is 5.43 Å². The second-order valence-electron chi connectivity index (χ2n) is 5.66. The number of nitrogens with one attached hydrogen (secondary N) is 1. The largest absolute Gasteiger partial charge is 0.497 e. The minimum atomic E-state index is -0.242. The summed E-state index contributed by atoms with van der Waals surface area (Å²) in [7, 11) is 6.28. The molecule has 0 spiro atoms. The molecule has 0 bridgehead atoms. The number of rotatable bonds is 8. The maximum Gasteiger partial charge on any atom is 0.244 e. The van der Waals surface area contributed by atoms with E-state index in [4.69, 9.17) is 18.9 Å². The highest BCUT2D eigenvalue weighted by Crippen LogP contribution is 2.28. The molecular weight excluding hydrogens is 348 g/mol. The van der Waals surface area contributed by atoms with Crippen molar-refractivity contribution in [2.75, 3.05) is 28.4 Å². The van der Waals surface area contributed by atoms with Crippen LogP contribution in [0.1, 0.15) is 18.1 Å². The molecule has 7 heteroatoms. The quantitative estimate of drug-likeness (QED) is 0.569. The van der Waals surface area contributed by atoms with E-state index in [9.17, 15) is 4.79 Å². The summed E-state index contributed by atoms with van der Waals surface area (Å²) >= 11 is 0. The highest BCUT2D eigenvalue weighted by molar-refractivity contribution is 6.01. The fourth-order valence-corrected chi connectivity index (χ4v) is 2.52. The molecule has 0 heterocycles. The molecule has 2 rings (SSSR count). The van der Waals surface area contributed by atoms with Gasteiger partial charge in [0.25, 0.3) is 0 Å². The third kappa shape index (κ3) is 5.13. The second kappa shape index (κ2) is 9.47. The van der Waals surface area contributed by atoms with Crippen LogP contribution >= 0.6 is 0 Å². The monoisotopic (exact) mass is 372 g/mol. The number of carbonyl (C=O) groups excluding carboxylic acids is 1. The van der Waals surface area contributed by atoms with Crippen LogP contribution in [0.25, 0.3) is 0 Å². The molecule has 27 heavy (non-hydrogen) atoms. The van der Waals surface area contributed by atoms with E-state index < -0.39 is 0 Å². The first-order valence-electron chi connectivity index (χ1n) is 8.28. The zero-order chi connectivity index (χ0) is 19.8. The van der Waals surface area contributed by atoms with Crippen LogP contribution in [-0.2, 0) is 11.2 Å². The van der Waals surface area contributed by atoms with Gasteiger partial charge < -0.3 is 18.9 Å². The number of ether oxygens (including phenoxy) is 4. The zero-order valence-electron chi connectivity index (χ0n) is 16.2. The smallest absolute Gasteiger partial charge is 0.244 e. The lowest BCUT2D eigenvalue weighted by Crippen LogP contribution is -2.21. The van der Waals surface area contributed by atoms with Crippen LogP contribution in [-0.4, -0.2) is 40.1 Å².